The first-order chi connectivity index (χ1) is 23.6. The van der Waals surface area contributed by atoms with Crippen LogP contribution in [0.25, 0.3) is 57.5 Å². The second-order valence-electron chi connectivity index (χ2n) is 11.9. The number of aryl methyl sites for hydroxylation is 1. The molecule has 7 aromatic rings. The van der Waals surface area contributed by atoms with Crippen LogP contribution in [-0.4, -0.2) is 9.13 Å². The summed E-state index contributed by atoms with van der Waals surface area (Å²) in [6.45, 7) is 14.5. The highest BCUT2D eigenvalue weighted by Crippen LogP contribution is 2.38. The van der Waals surface area contributed by atoms with E-state index in [1.165, 1.54) is 16.3 Å². The summed E-state index contributed by atoms with van der Waals surface area (Å²) in [5.74, 6) is 0. The number of hydrogen-bond acceptors (Lipinski definition) is 1. The third-order valence-electron chi connectivity index (χ3n) is 8.99. The number of benzene rings is 5. The van der Waals surface area contributed by atoms with Crippen molar-refractivity contribution in [3.05, 3.63) is 175 Å². The van der Waals surface area contributed by atoms with Crippen molar-refractivity contribution in [2.24, 2.45) is 0 Å². The van der Waals surface area contributed by atoms with Crippen LogP contribution < -0.4 is 4.90 Å². The zero-order valence-electron chi connectivity index (χ0n) is 27.8. The Morgan fingerprint density at radius 3 is 1.25 bits per heavy atom. The van der Waals surface area contributed by atoms with Crippen molar-refractivity contribution in [1.29, 1.82) is 0 Å². The van der Waals surface area contributed by atoms with E-state index in [0.717, 1.165) is 62.0 Å². The number of para-hydroxylation sites is 2. The van der Waals surface area contributed by atoms with Crippen LogP contribution in [0.3, 0.4) is 0 Å². The molecule has 5 aromatic carbocycles. The van der Waals surface area contributed by atoms with Crippen LogP contribution in [0, 0.1) is 6.92 Å². The Labute approximate surface area is 283 Å². The van der Waals surface area contributed by atoms with E-state index in [2.05, 4.69) is 194 Å². The topological polar surface area (TPSA) is 13.1 Å². The molecule has 0 aliphatic carbocycles. The number of allylic oxidation sites excluding steroid dienone is 2. The van der Waals surface area contributed by atoms with Crippen LogP contribution >= 0.6 is 0 Å². The van der Waals surface area contributed by atoms with Crippen molar-refractivity contribution in [1.82, 2.24) is 9.13 Å². The molecule has 0 saturated heterocycles. The zero-order chi connectivity index (χ0) is 33.2. The summed E-state index contributed by atoms with van der Waals surface area (Å²) in [6, 6.07) is 43.5. The standard InChI is InChI=1S/C45H39N3/c1-6-14-42-38(8-3)40-16-10-12-18-44(40)47(42)36-28-24-34(25-29-36)46(33-22-20-32(5)21-23-33)35-26-30-37(31-27-35)48-43(15-7-2)39(9-4)41-17-11-13-19-45(41)48/h6-31H,3-4H2,1-2,5H3/b14-6-,15-7-. The van der Waals surface area contributed by atoms with E-state index in [1.807, 2.05) is 12.2 Å². The molecule has 48 heavy (non-hydrogen) atoms. The minimum absolute atomic E-state index is 1.08. The van der Waals surface area contributed by atoms with Gasteiger partial charge in [-0.25, -0.2) is 0 Å². The average Bonchev–Trinajstić information content (AvgIpc) is 3.61. The van der Waals surface area contributed by atoms with E-state index in [1.54, 1.807) is 0 Å². The lowest BCUT2D eigenvalue weighted by atomic mass is 10.1. The van der Waals surface area contributed by atoms with Crippen LogP contribution in [0.2, 0.25) is 0 Å². The molecule has 0 aliphatic rings. The summed E-state index contributed by atoms with van der Waals surface area (Å²) >= 11 is 0. The maximum absolute atomic E-state index is 4.14. The molecular weight excluding hydrogens is 583 g/mol. The Morgan fingerprint density at radius 1 is 0.500 bits per heavy atom. The molecule has 0 radical (unpaired) electrons. The van der Waals surface area contributed by atoms with Crippen molar-refractivity contribution < 1.29 is 0 Å². The van der Waals surface area contributed by atoms with Gasteiger partial charge in [0.25, 0.3) is 0 Å². The highest BCUT2D eigenvalue weighted by Gasteiger charge is 2.18. The Morgan fingerprint density at radius 2 is 0.875 bits per heavy atom. The number of nitrogens with zero attached hydrogens (tertiary/aromatic N) is 3. The molecule has 7 rings (SSSR count). The van der Waals surface area contributed by atoms with E-state index < -0.39 is 0 Å². The average molecular weight is 622 g/mol. The highest BCUT2D eigenvalue weighted by atomic mass is 15.1. The van der Waals surface area contributed by atoms with Gasteiger partial charge in [0.2, 0.25) is 0 Å². The minimum atomic E-state index is 1.08. The van der Waals surface area contributed by atoms with Crippen molar-refractivity contribution >= 4 is 63.2 Å². The van der Waals surface area contributed by atoms with Gasteiger partial charge in [-0.05, 0) is 106 Å². The summed E-state index contributed by atoms with van der Waals surface area (Å²) in [5.41, 5.74) is 13.6. The van der Waals surface area contributed by atoms with Gasteiger partial charge in [0, 0.05) is 50.3 Å². The Kier molecular flexibility index (Phi) is 8.27. The van der Waals surface area contributed by atoms with Crippen molar-refractivity contribution in [3.63, 3.8) is 0 Å². The number of rotatable bonds is 9. The summed E-state index contributed by atoms with van der Waals surface area (Å²) in [5, 5.41) is 2.39. The van der Waals surface area contributed by atoms with Crippen molar-refractivity contribution in [2.45, 2.75) is 20.8 Å². The van der Waals surface area contributed by atoms with Crippen molar-refractivity contribution in [2.75, 3.05) is 4.90 Å². The number of hydrogen-bond donors (Lipinski definition) is 0. The van der Waals surface area contributed by atoms with Crippen molar-refractivity contribution in [3.8, 4) is 11.4 Å². The third-order valence-corrected chi connectivity index (χ3v) is 8.99. The van der Waals surface area contributed by atoms with Gasteiger partial charge in [-0.2, -0.15) is 0 Å². The molecule has 0 aliphatic heterocycles. The van der Waals surface area contributed by atoms with Crippen LogP contribution in [0.4, 0.5) is 17.1 Å². The lowest BCUT2D eigenvalue weighted by Crippen LogP contribution is -2.10. The van der Waals surface area contributed by atoms with Gasteiger partial charge < -0.3 is 14.0 Å². The fourth-order valence-corrected chi connectivity index (χ4v) is 6.84. The lowest BCUT2D eigenvalue weighted by molar-refractivity contribution is 1.10. The molecule has 2 aromatic heterocycles. The van der Waals surface area contributed by atoms with E-state index >= 15 is 0 Å². The first-order valence-electron chi connectivity index (χ1n) is 16.4. The number of anilines is 3. The van der Waals surface area contributed by atoms with E-state index in [4.69, 9.17) is 0 Å². The molecule has 0 atom stereocenters. The highest BCUT2D eigenvalue weighted by molar-refractivity contribution is 5.96. The molecule has 0 N–H and O–H groups in total. The molecule has 234 valence electrons. The smallest absolute Gasteiger partial charge is 0.0541 e. The van der Waals surface area contributed by atoms with Gasteiger partial charge in [-0.1, -0.05) is 91.6 Å². The molecular formula is C45H39N3. The predicted octanol–water partition coefficient (Wildman–Crippen LogP) is 12.7. The van der Waals surface area contributed by atoms with Crippen LogP contribution in [0.15, 0.2) is 147 Å². The first-order valence-corrected chi connectivity index (χ1v) is 16.4. The van der Waals surface area contributed by atoms with Gasteiger partial charge >= 0.3 is 0 Å². The molecule has 0 spiro atoms. The molecule has 0 fully saturated rings. The van der Waals surface area contributed by atoms with Gasteiger partial charge in [-0.3, -0.25) is 0 Å². The zero-order valence-corrected chi connectivity index (χ0v) is 27.8. The summed E-state index contributed by atoms with van der Waals surface area (Å²) < 4.78 is 4.64. The van der Waals surface area contributed by atoms with E-state index in [9.17, 15) is 0 Å². The summed E-state index contributed by atoms with van der Waals surface area (Å²) in [4.78, 5) is 2.32. The maximum Gasteiger partial charge on any atom is 0.0541 e. The molecule has 2 heterocycles. The number of aromatic nitrogens is 2. The van der Waals surface area contributed by atoms with Gasteiger partial charge in [-0.15, -0.1) is 0 Å². The molecule has 0 bridgehead atoms. The molecule has 0 saturated carbocycles. The second-order valence-corrected chi connectivity index (χ2v) is 11.9. The second kappa shape index (κ2) is 13.0. The van der Waals surface area contributed by atoms with Crippen LogP contribution in [0.5, 0.6) is 0 Å². The lowest BCUT2D eigenvalue weighted by Gasteiger charge is -2.26. The monoisotopic (exact) mass is 621 g/mol. The fourth-order valence-electron chi connectivity index (χ4n) is 6.84. The largest absolute Gasteiger partial charge is 0.311 e. The molecule has 0 amide bonds. The first kappa shape index (κ1) is 30.6. The summed E-state index contributed by atoms with van der Waals surface area (Å²) in [7, 11) is 0. The van der Waals surface area contributed by atoms with E-state index in [0.29, 0.717) is 0 Å². The van der Waals surface area contributed by atoms with Gasteiger partial charge in [0.1, 0.15) is 0 Å². The molecule has 3 heteroatoms. The van der Waals surface area contributed by atoms with Gasteiger partial charge in [0.05, 0.1) is 22.4 Å². The number of fused-ring (bicyclic) bond motifs is 2. The normalized spacial score (nSPS) is 11.6. The molecule has 0 unspecified atom stereocenters. The summed E-state index contributed by atoms with van der Waals surface area (Å²) in [6.07, 6.45) is 12.4. The molecule has 3 nitrogen and oxygen atoms in total. The Balaban J connectivity index is 1.34. The fraction of sp³-hybridized carbons (Fsp3) is 0.0667. The quantitative estimate of drug-likeness (QED) is 0.156. The van der Waals surface area contributed by atoms with Crippen LogP contribution in [0.1, 0.15) is 41.9 Å². The Hall–Kier alpha value is -6.06. The third kappa shape index (κ3) is 5.20. The van der Waals surface area contributed by atoms with Gasteiger partial charge in [0.15, 0.2) is 0 Å². The maximum atomic E-state index is 4.14. The Bertz CT molecular complexity index is 2180. The van der Waals surface area contributed by atoms with Crippen LogP contribution in [-0.2, 0) is 0 Å². The van der Waals surface area contributed by atoms with E-state index in [-0.39, 0.29) is 0 Å². The SMILES string of the molecule is C=Cc1c(/C=C\C)n(-c2ccc(N(c3ccc(C)cc3)c3ccc(-n4c(/C=C\C)c(C=C)c5ccccc54)cc3)cc2)c2ccccc12. The predicted molar refractivity (Wildman–Crippen MR) is 209 cm³/mol. The minimum Gasteiger partial charge on any atom is -0.311 e.